The van der Waals surface area contributed by atoms with Crippen LogP contribution in [0.4, 0.5) is 0 Å². The zero-order chi connectivity index (χ0) is 8.97. The van der Waals surface area contributed by atoms with Crippen molar-refractivity contribution in [2.75, 3.05) is 13.2 Å². The summed E-state index contributed by atoms with van der Waals surface area (Å²) in [5, 5.41) is 0. The summed E-state index contributed by atoms with van der Waals surface area (Å²) in [5.74, 6) is 0.393. The second-order valence-corrected chi connectivity index (χ2v) is 3.29. The van der Waals surface area contributed by atoms with E-state index in [2.05, 4.69) is 0 Å². The molecular weight excluding hydrogens is 154 g/mol. The number of rotatable bonds is 3. The molecule has 0 amide bonds. The summed E-state index contributed by atoms with van der Waals surface area (Å²) in [6.45, 7) is 2.93. The van der Waals surface area contributed by atoms with Gasteiger partial charge in [-0.1, -0.05) is 6.42 Å². The highest BCUT2D eigenvalue weighted by atomic mass is 16.5. The van der Waals surface area contributed by atoms with Crippen molar-refractivity contribution < 1.29 is 9.53 Å². The largest absolute Gasteiger partial charge is 0.466 e. The third kappa shape index (κ3) is 1.97. The van der Waals surface area contributed by atoms with Gasteiger partial charge >= 0.3 is 5.97 Å². The number of hydrogen-bond donors (Lipinski definition) is 1. The van der Waals surface area contributed by atoms with Crippen LogP contribution in [0.3, 0.4) is 0 Å². The summed E-state index contributed by atoms with van der Waals surface area (Å²) in [7, 11) is 0. The third-order valence-corrected chi connectivity index (χ3v) is 2.55. The molecule has 0 aliphatic heterocycles. The maximum atomic E-state index is 11.3. The zero-order valence-electron chi connectivity index (χ0n) is 7.58. The number of esters is 1. The minimum absolute atomic E-state index is 0.0505. The van der Waals surface area contributed by atoms with E-state index >= 15 is 0 Å². The molecule has 3 nitrogen and oxygen atoms in total. The van der Waals surface area contributed by atoms with Crippen molar-refractivity contribution in [2.45, 2.75) is 26.2 Å². The normalized spacial score (nSPS) is 28.8. The van der Waals surface area contributed by atoms with Crippen LogP contribution in [-0.2, 0) is 9.53 Å². The van der Waals surface area contributed by atoms with Gasteiger partial charge in [-0.15, -0.1) is 0 Å². The fourth-order valence-corrected chi connectivity index (χ4v) is 1.88. The van der Waals surface area contributed by atoms with Crippen molar-refractivity contribution in [2.24, 2.45) is 17.6 Å². The van der Waals surface area contributed by atoms with Crippen molar-refractivity contribution in [3.05, 3.63) is 0 Å². The fourth-order valence-electron chi connectivity index (χ4n) is 1.88. The van der Waals surface area contributed by atoms with Gasteiger partial charge in [-0.25, -0.2) is 0 Å². The summed E-state index contributed by atoms with van der Waals surface area (Å²) < 4.78 is 4.96. The first kappa shape index (κ1) is 9.52. The number of hydrogen-bond acceptors (Lipinski definition) is 3. The molecule has 0 aromatic rings. The summed E-state index contributed by atoms with van der Waals surface area (Å²) in [5.41, 5.74) is 5.55. The van der Waals surface area contributed by atoms with Gasteiger partial charge in [0.05, 0.1) is 12.5 Å². The molecule has 1 aliphatic carbocycles. The van der Waals surface area contributed by atoms with Gasteiger partial charge in [0.25, 0.3) is 0 Å². The first-order valence-electron chi connectivity index (χ1n) is 4.66. The Morgan fingerprint density at radius 2 is 2.33 bits per heavy atom. The van der Waals surface area contributed by atoms with E-state index in [1.165, 1.54) is 0 Å². The second kappa shape index (κ2) is 4.45. The van der Waals surface area contributed by atoms with Crippen molar-refractivity contribution in [1.82, 2.24) is 0 Å². The van der Waals surface area contributed by atoms with Crippen LogP contribution in [-0.4, -0.2) is 19.1 Å². The lowest BCUT2D eigenvalue weighted by atomic mass is 9.96. The van der Waals surface area contributed by atoms with E-state index in [4.69, 9.17) is 10.5 Å². The molecule has 0 aromatic carbocycles. The van der Waals surface area contributed by atoms with Gasteiger partial charge in [0.15, 0.2) is 0 Å². The Morgan fingerprint density at radius 3 is 2.92 bits per heavy atom. The number of carbonyl (C=O) groups excluding carboxylic acids is 1. The lowest BCUT2D eigenvalue weighted by molar-refractivity contribution is -0.149. The number of ether oxygens (including phenoxy) is 1. The van der Waals surface area contributed by atoms with Gasteiger partial charge in [0.2, 0.25) is 0 Å². The summed E-state index contributed by atoms with van der Waals surface area (Å²) >= 11 is 0. The van der Waals surface area contributed by atoms with Crippen LogP contribution in [0.25, 0.3) is 0 Å². The van der Waals surface area contributed by atoms with Crippen molar-refractivity contribution in [1.29, 1.82) is 0 Å². The average molecular weight is 171 g/mol. The second-order valence-electron chi connectivity index (χ2n) is 3.29. The maximum Gasteiger partial charge on any atom is 0.309 e. The molecule has 0 unspecified atom stereocenters. The molecule has 1 rings (SSSR count). The van der Waals surface area contributed by atoms with E-state index in [1.54, 1.807) is 0 Å². The minimum atomic E-state index is -0.0505. The monoisotopic (exact) mass is 171 g/mol. The topological polar surface area (TPSA) is 52.3 Å². The lowest BCUT2D eigenvalue weighted by Crippen LogP contribution is -2.26. The van der Waals surface area contributed by atoms with Crippen LogP contribution in [0.15, 0.2) is 0 Å². The smallest absolute Gasteiger partial charge is 0.309 e. The highest BCUT2D eigenvalue weighted by Gasteiger charge is 2.32. The highest BCUT2D eigenvalue weighted by molar-refractivity contribution is 5.73. The predicted molar refractivity (Wildman–Crippen MR) is 46.5 cm³/mol. The lowest BCUT2D eigenvalue weighted by Gasteiger charge is -2.15. The molecule has 0 aromatic heterocycles. The Hall–Kier alpha value is -0.570. The van der Waals surface area contributed by atoms with Crippen LogP contribution in [0.1, 0.15) is 26.2 Å². The van der Waals surface area contributed by atoms with Gasteiger partial charge in [-0.05, 0) is 32.2 Å². The molecule has 70 valence electrons. The van der Waals surface area contributed by atoms with E-state index < -0.39 is 0 Å². The molecular formula is C9H17NO2. The number of carbonyl (C=O) groups is 1. The molecule has 12 heavy (non-hydrogen) atoms. The van der Waals surface area contributed by atoms with E-state index in [-0.39, 0.29) is 11.9 Å². The molecule has 3 heteroatoms. The van der Waals surface area contributed by atoms with Gasteiger partial charge in [-0.2, -0.15) is 0 Å². The van der Waals surface area contributed by atoms with Gasteiger partial charge < -0.3 is 10.5 Å². The van der Waals surface area contributed by atoms with E-state index in [0.717, 1.165) is 19.3 Å². The van der Waals surface area contributed by atoms with Crippen LogP contribution < -0.4 is 5.73 Å². The molecule has 1 fully saturated rings. The Labute approximate surface area is 73.3 Å². The summed E-state index contributed by atoms with van der Waals surface area (Å²) in [6, 6.07) is 0. The summed E-state index contributed by atoms with van der Waals surface area (Å²) in [6.07, 6.45) is 3.16. The molecule has 0 heterocycles. The quantitative estimate of drug-likeness (QED) is 0.642. The van der Waals surface area contributed by atoms with Crippen molar-refractivity contribution in [3.63, 3.8) is 0 Å². The Balaban J connectivity index is 2.43. The Bertz CT molecular complexity index is 159. The molecule has 2 N–H and O–H groups in total. The van der Waals surface area contributed by atoms with Gasteiger partial charge in [-0.3, -0.25) is 4.79 Å². The van der Waals surface area contributed by atoms with E-state index in [1.807, 2.05) is 6.92 Å². The SMILES string of the molecule is CCOC(=O)[C@@H]1CCC[C@@H]1CN. The van der Waals surface area contributed by atoms with E-state index in [0.29, 0.717) is 19.1 Å². The summed E-state index contributed by atoms with van der Waals surface area (Å²) in [4.78, 5) is 11.3. The van der Waals surface area contributed by atoms with Gasteiger partial charge in [0, 0.05) is 0 Å². The van der Waals surface area contributed by atoms with Crippen molar-refractivity contribution in [3.8, 4) is 0 Å². The number of nitrogens with two attached hydrogens (primary N) is 1. The molecule has 1 saturated carbocycles. The molecule has 0 bridgehead atoms. The molecule has 0 radical (unpaired) electrons. The minimum Gasteiger partial charge on any atom is -0.466 e. The average Bonchev–Trinajstić information content (AvgIpc) is 2.51. The Morgan fingerprint density at radius 1 is 1.58 bits per heavy atom. The first-order chi connectivity index (χ1) is 5.79. The van der Waals surface area contributed by atoms with Gasteiger partial charge in [0.1, 0.15) is 0 Å². The molecule has 1 aliphatic rings. The molecule has 0 saturated heterocycles. The van der Waals surface area contributed by atoms with Crippen LogP contribution in [0, 0.1) is 11.8 Å². The van der Waals surface area contributed by atoms with E-state index in [9.17, 15) is 4.79 Å². The van der Waals surface area contributed by atoms with Crippen molar-refractivity contribution >= 4 is 5.97 Å². The highest BCUT2D eigenvalue weighted by Crippen LogP contribution is 2.31. The zero-order valence-corrected chi connectivity index (χ0v) is 7.58. The molecule has 2 atom stereocenters. The standard InChI is InChI=1S/C9H17NO2/c1-2-12-9(11)8-5-3-4-7(8)6-10/h7-8H,2-6,10H2,1H3/t7-,8-/m1/s1. The van der Waals surface area contributed by atoms with Crippen LogP contribution in [0.2, 0.25) is 0 Å². The fraction of sp³-hybridized carbons (Fsp3) is 0.889. The first-order valence-corrected chi connectivity index (χ1v) is 4.66. The maximum absolute atomic E-state index is 11.3. The van der Waals surface area contributed by atoms with Crippen LogP contribution in [0.5, 0.6) is 0 Å². The predicted octanol–water partition coefficient (Wildman–Crippen LogP) is 0.924. The molecule has 0 spiro atoms. The Kier molecular flexibility index (Phi) is 3.53. The van der Waals surface area contributed by atoms with Crippen LogP contribution >= 0.6 is 0 Å². The third-order valence-electron chi connectivity index (χ3n) is 2.55.